The first-order chi connectivity index (χ1) is 9.69. The van der Waals surface area contributed by atoms with Crippen LogP contribution in [0.15, 0.2) is 0 Å². The third-order valence-electron chi connectivity index (χ3n) is 4.89. The fraction of sp³-hybridized carbons (Fsp3) is 0.941. The predicted octanol–water partition coefficient (Wildman–Crippen LogP) is 4.24. The highest BCUT2D eigenvalue weighted by atomic mass is 16.4. The summed E-state index contributed by atoms with van der Waals surface area (Å²) in [6.07, 6.45) is 12.1. The fourth-order valence-electron chi connectivity index (χ4n) is 3.55. The van der Waals surface area contributed by atoms with Crippen molar-refractivity contribution in [2.45, 2.75) is 77.6 Å². The van der Waals surface area contributed by atoms with E-state index in [1.807, 2.05) is 0 Å². The zero-order chi connectivity index (χ0) is 14.8. The summed E-state index contributed by atoms with van der Waals surface area (Å²) in [5.74, 6) is -0.164. The molecule has 2 unspecified atom stereocenters. The Morgan fingerprint density at radius 3 is 2.35 bits per heavy atom. The maximum atomic E-state index is 11.4. The van der Waals surface area contributed by atoms with Gasteiger partial charge in [-0.1, -0.05) is 64.7 Å². The molecule has 2 N–H and O–H groups in total. The Kier molecular flexibility index (Phi) is 8.92. The van der Waals surface area contributed by atoms with Gasteiger partial charge < -0.3 is 10.2 Å². The third-order valence-corrected chi connectivity index (χ3v) is 4.89. The lowest BCUT2D eigenvalue weighted by atomic mass is 9.82. The SMILES string of the molecule is CCCCCCCC(CC(CO)C1CCCC1)C(=O)O. The number of unbranched alkanes of at least 4 members (excludes halogenated alkanes) is 4. The summed E-state index contributed by atoms with van der Waals surface area (Å²) in [6, 6.07) is 0. The maximum Gasteiger partial charge on any atom is 0.306 e. The molecule has 0 aromatic rings. The van der Waals surface area contributed by atoms with E-state index in [1.54, 1.807) is 0 Å². The van der Waals surface area contributed by atoms with Crippen LogP contribution in [-0.2, 0) is 4.79 Å². The molecule has 0 bridgehead atoms. The van der Waals surface area contributed by atoms with Gasteiger partial charge in [0.25, 0.3) is 0 Å². The number of rotatable bonds is 11. The number of carbonyl (C=O) groups is 1. The zero-order valence-electron chi connectivity index (χ0n) is 13.0. The van der Waals surface area contributed by atoms with Gasteiger partial charge in [0, 0.05) is 6.61 Å². The number of carboxylic acids is 1. The summed E-state index contributed by atoms with van der Waals surface area (Å²) in [5.41, 5.74) is 0. The van der Waals surface area contributed by atoms with Gasteiger partial charge in [-0.3, -0.25) is 4.79 Å². The van der Waals surface area contributed by atoms with Crippen molar-refractivity contribution in [3.05, 3.63) is 0 Å². The van der Waals surface area contributed by atoms with Crippen LogP contribution >= 0.6 is 0 Å². The summed E-state index contributed by atoms with van der Waals surface area (Å²) in [5, 5.41) is 18.9. The molecule has 0 aromatic carbocycles. The Labute approximate surface area is 123 Å². The number of aliphatic hydroxyl groups is 1. The number of carboxylic acid groups (broad SMARTS) is 1. The zero-order valence-corrected chi connectivity index (χ0v) is 13.0. The van der Waals surface area contributed by atoms with Crippen LogP contribution in [0, 0.1) is 17.8 Å². The molecule has 0 aliphatic heterocycles. The van der Waals surface area contributed by atoms with Crippen LogP contribution in [0.2, 0.25) is 0 Å². The molecule has 0 radical (unpaired) electrons. The van der Waals surface area contributed by atoms with Gasteiger partial charge in [-0.15, -0.1) is 0 Å². The molecule has 2 atom stereocenters. The summed E-state index contributed by atoms with van der Waals surface area (Å²) in [4.78, 5) is 11.4. The second kappa shape index (κ2) is 10.2. The van der Waals surface area contributed by atoms with E-state index in [0.29, 0.717) is 12.3 Å². The minimum absolute atomic E-state index is 0.157. The van der Waals surface area contributed by atoms with Crippen molar-refractivity contribution in [3.8, 4) is 0 Å². The van der Waals surface area contributed by atoms with E-state index in [2.05, 4.69) is 6.92 Å². The monoisotopic (exact) mass is 284 g/mol. The van der Waals surface area contributed by atoms with Crippen molar-refractivity contribution >= 4 is 5.97 Å². The lowest BCUT2D eigenvalue weighted by Gasteiger charge is -2.24. The molecule has 1 fully saturated rings. The molecule has 0 amide bonds. The van der Waals surface area contributed by atoms with Gasteiger partial charge in [0.05, 0.1) is 5.92 Å². The first-order valence-corrected chi connectivity index (χ1v) is 8.52. The standard InChI is InChI=1S/C17H32O3/c1-2-3-4-5-6-11-15(17(19)20)12-16(13-18)14-9-7-8-10-14/h14-16,18H,2-13H2,1H3,(H,19,20). The van der Waals surface area contributed by atoms with E-state index in [-0.39, 0.29) is 18.4 Å². The maximum absolute atomic E-state index is 11.4. The van der Waals surface area contributed by atoms with Crippen LogP contribution < -0.4 is 0 Å². The van der Waals surface area contributed by atoms with Crippen molar-refractivity contribution in [2.24, 2.45) is 17.8 Å². The van der Waals surface area contributed by atoms with Crippen LogP contribution in [0.5, 0.6) is 0 Å². The molecule has 1 aliphatic rings. The predicted molar refractivity (Wildman–Crippen MR) is 81.7 cm³/mol. The summed E-state index contributed by atoms with van der Waals surface area (Å²) < 4.78 is 0. The first kappa shape index (κ1) is 17.5. The third kappa shape index (κ3) is 6.25. The average molecular weight is 284 g/mol. The summed E-state index contributed by atoms with van der Waals surface area (Å²) >= 11 is 0. The molecule has 0 saturated heterocycles. The molecule has 1 aliphatic carbocycles. The molecule has 20 heavy (non-hydrogen) atoms. The van der Waals surface area contributed by atoms with Crippen LogP contribution in [-0.4, -0.2) is 22.8 Å². The minimum atomic E-state index is -0.670. The Bertz CT molecular complexity index is 259. The van der Waals surface area contributed by atoms with Crippen LogP contribution in [0.25, 0.3) is 0 Å². The van der Waals surface area contributed by atoms with Crippen molar-refractivity contribution in [3.63, 3.8) is 0 Å². The van der Waals surface area contributed by atoms with Gasteiger partial charge >= 0.3 is 5.97 Å². The van der Waals surface area contributed by atoms with Gasteiger partial charge in [-0.25, -0.2) is 0 Å². The summed E-state index contributed by atoms with van der Waals surface area (Å²) in [7, 11) is 0. The van der Waals surface area contributed by atoms with Crippen molar-refractivity contribution in [2.75, 3.05) is 6.61 Å². The Hall–Kier alpha value is -0.570. The fourth-order valence-corrected chi connectivity index (χ4v) is 3.55. The second-order valence-corrected chi connectivity index (χ2v) is 6.46. The van der Waals surface area contributed by atoms with E-state index in [9.17, 15) is 15.0 Å². The van der Waals surface area contributed by atoms with E-state index < -0.39 is 5.97 Å². The van der Waals surface area contributed by atoms with E-state index in [1.165, 1.54) is 44.9 Å². The van der Waals surface area contributed by atoms with Crippen molar-refractivity contribution < 1.29 is 15.0 Å². The smallest absolute Gasteiger partial charge is 0.306 e. The first-order valence-electron chi connectivity index (χ1n) is 8.52. The topological polar surface area (TPSA) is 57.5 Å². The Morgan fingerprint density at radius 2 is 1.80 bits per heavy atom. The molecule has 3 heteroatoms. The molecular weight excluding hydrogens is 252 g/mol. The normalized spacial score (nSPS) is 19.1. The highest BCUT2D eigenvalue weighted by Gasteiger charge is 2.29. The van der Waals surface area contributed by atoms with Crippen LogP contribution in [0.3, 0.4) is 0 Å². The molecule has 118 valence electrons. The van der Waals surface area contributed by atoms with Gasteiger partial charge in [0.15, 0.2) is 0 Å². The molecule has 3 nitrogen and oxygen atoms in total. The van der Waals surface area contributed by atoms with Crippen LogP contribution in [0.1, 0.15) is 77.6 Å². The lowest BCUT2D eigenvalue weighted by Crippen LogP contribution is -2.24. The Morgan fingerprint density at radius 1 is 1.15 bits per heavy atom. The number of aliphatic carboxylic acids is 1. The molecule has 0 spiro atoms. The second-order valence-electron chi connectivity index (χ2n) is 6.46. The molecule has 0 heterocycles. The van der Waals surface area contributed by atoms with E-state index in [4.69, 9.17) is 0 Å². The van der Waals surface area contributed by atoms with Crippen molar-refractivity contribution in [1.82, 2.24) is 0 Å². The molecule has 0 aromatic heterocycles. The molecule has 1 saturated carbocycles. The van der Waals surface area contributed by atoms with Gasteiger partial charge in [-0.05, 0) is 24.7 Å². The quantitative estimate of drug-likeness (QED) is 0.558. The number of hydrogen-bond acceptors (Lipinski definition) is 2. The van der Waals surface area contributed by atoms with E-state index in [0.717, 1.165) is 19.3 Å². The average Bonchev–Trinajstić information content (AvgIpc) is 2.95. The van der Waals surface area contributed by atoms with E-state index >= 15 is 0 Å². The summed E-state index contributed by atoms with van der Waals surface area (Å²) in [6.45, 7) is 2.35. The highest BCUT2D eigenvalue weighted by Crippen LogP contribution is 2.35. The largest absolute Gasteiger partial charge is 0.481 e. The number of hydrogen-bond donors (Lipinski definition) is 2. The van der Waals surface area contributed by atoms with Gasteiger partial charge in [0.1, 0.15) is 0 Å². The van der Waals surface area contributed by atoms with Crippen LogP contribution in [0.4, 0.5) is 0 Å². The lowest BCUT2D eigenvalue weighted by molar-refractivity contribution is -0.143. The Balaban J connectivity index is 2.34. The number of aliphatic hydroxyl groups excluding tert-OH is 1. The van der Waals surface area contributed by atoms with Gasteiger partial charge in [-0.2, -0.15) is 0 Å². The minimum Gasteiger partial charge on any atom is -0.481 e. The molecule has 1 rings (SSSR count). The molecular formula is C17H32O3. The van der Waals surface area contributed by atoms with Crippen molar-refractivity contribution in [1.29, 1.82) is 0 Å². The highest BCUT2D eigenvalue weighted by molar-refractivity contribution is 5.69. The van der Waals surface area contributed by atoms with Gasteiger partial charge in [0.2, 0.25) is 0 Å².